The molecule has 0 aliphatic carbocycles. The number of nitrogens with one attached hydrogen (secondary N) is 1. The maximum Gasteiger partial charge on any atom is 0.0660 e. The average Bonchev–Trinajstić information content (AvgIpc) is 2.47. The van der Waals surface area contributed by atoms with Gasteiger partial charge in [-0.2, -0.15) is 0 Å². The fraction of sp³-hybridized carbons (Fsp3) is 0.538. The minimum Gasteiger partial charge on any atom is -0.298 e. The molecule has 1 aliphatic rings. The molecule has 1 aromatic rings. The van der Waals surface area contributed by atoms with Gasteiger partial charge in [0.05, 0.1) is 5.66 Å². The Morgan fingerprint density at radius 2 is 2.00 bits per heavy atom. The highest BCUT2D eigenvalue weighted by Crippen LogP contribution is 2.23. The molecule has 2 nitrogen and oxygen atoms in total. The summed E-state index contributed by atoms with van der Waals surface area (Å²) in [6, 6.07) is 11.3. The van der Waals surface area contributed by atoms with Crippen molar-refractivity contribution in [2.24, 2.45) is 0 Å². The van der Waals surface area contributed by atoms with Gasteiger partial charge in [0.1, 0.15) is 0 Å². The van der Waals surface area contributed by atoms with Crippen molar-refractivity contribution in [3.63, 3.8) is 0 Å². The zero-order chi connectivity index (χ0) is 10.9. The highest BCUT2D eigenvalue weighted by molar-refractivity contribution is 5.15. The van der Waals surface area contributed by atoms with Crippen LogP contribution in [-0.4, -0.2) is 23.1 Å². The quantitative estimate of drug-likeness (QED) is 0.794. The van der Waals surface area contributed by atoms with Crippen molar-refractivity contribution in [1.82, 2.24) is 10.2 Å². The van der Waals surface area contributed by atoms with Gasteiger partial charge in [-0.1, -0.05) is 30.3 Å². The van der Waals surface area contributed by atoms with Crippen LogP contribution in [-0.2, 0) is 6.54 Å². The molecule has 0 spiro atoms. The molecule has 0 radical (unpaired) electrons. The highest BCUT2D eigenvalue weighted by atomic mass is 15.4. The third kappa shape index (κ3) is 2.21. The van der Waals surface area contributed by atoms with E-state index in [0.717, 1.165) is 13.1 Å². The van der Waals surface area contributed by atoms with Gasteiger partial charge in [-0.15, -0.1) is 0 Å². The second-order valence-corrected chi connectivity index (χ2v) is 4.90. The van der Waals surface area contributed by atoms with E-state index in [1.807, 2.05) is 0 Å². The summed E-state index contributed by atoms with van der Waals surface area (Å²) in [5, 5.41) is 3.54. The molecule has 0 amide bonds. The van der Waals surface area contributed by atoms with Crippen molar-refractivity contribution in [3.05, 3.63) is 35.9 Å². The number of nitrogens with zero attached hydrogens (tertiary/aromatic N) is 1. The standard InChI is InChI=1S/C13H20N2/c1-11-9-14-13(2,3)15(11)10-12-7-5-4-6-8-12/h4-8,11,14H,9-10H2,1-3H3. The maximum atomic E-state index is 3.54. The van der Waals surface area contributed by atoms with Crippen LogP contribution in [0.1, 0.15) is 26.3 Å². The number of benzene rings is 1. The van der Waals surface area contributed by atoms with Crippen molar-refractivity contribution < 1.29 is 0 Å². The summed E-state index contributed by atoms with van der Waals surface area (Å²) < 4.78 is 0. The Balaban J connectivity index is 2.11. The van der Waals surface area contributed by atoms with Gasteiger partial charge in [-0.3, -0.25) is 10.2 Å². The molecule has 1 atom stereocenters. The number of rotatable bonds is 2. The summed E-state index contributed by atoms with van der Waals surface area (Å²) in [4.78, 5) is 2.52. The van der Waals surface area contributed by atoms with Crippen LogP contribution < -0.4 is 5.32 Å². The predicted molar refractivity (Wildman–Crippen MR) is 63.5 cm³/mol. The molecule has 2 heteroatoms. The SMILES string of the molecule is CC1CNC(C)(C)N1Cc1ccccc1. The van der Waals surface area contributed by atoms with Crippen LogP contribution in [0.15, 0.2) is 30.3 Å². The Labute approximate surface area is 92.3 Å². The second-order valence-electron chi connectivity index (χ2n) is 4.90. The summed E-state index contributed by atoms with van der Waals surface area (Å²) >= 11 is 0. The summed E-state index contributed by atoms with van der Waals surface area (Å²) in [7, 11) is 0. The lowest BCUT2D eigenvalue weighted by atomic mass is 10.1. The summed E-state index contributed by atoms with van der Waals surface area (Å²) in [6.45, 7) is 8.89. The normalized spacial score (nSPS) is 25.7. The van der Waals surface area contributed by atoms with E-state index in [0.29, 0.717) is 6.04 Å². The molecule has 1 heterocycles. The van der Waals surface area contributed by atoms with Crippen molar-refractivity contribution in [3.8, 4) is 0 Å². The fourth-order valence-corrected chi connectivity index (χ4v) is 2.29. The molecule has 1 saturated heterocycles. The van der Waals surface area contributed by atoms with Crippen LogP contribution in [0.2, 0.25) is 0 Å². The predicted octanol–water partition coefficient (Wildman–Crippen LogP) is 2.22. The van der Waals surface area contributed by atoms with Gasteiger partial charge in [0.15, 0.2) is 0 Å². The molecule has 1 aromatic carbocycles. The van der Waals surface area contributed by atoms with Gasteiger partial charge in [0.2, 0.25) is 0 Å². The Morgan fingerprint density at radius 1 is 1.33 bits per heavy atom. The fourth-order valence-electron chi connectivity index (χ4n) is 2.29. The van der Waals surface area contributed by atoms with Crippen LogP contribution in [0, 0.1) is 0 Å². The minimum atomic E-state index is 0.120. The monoisotopic (exact) mass is 204 g/mol. The largest absolute Gasteiger partial charge is 0.298 e. The molecule has 1 N–H and O–H groups in total. The van der Waals surface area contributed by atoms with E-state index in [1.165, 1.54) is 5.56 Å². The lowest BCUT2D eigenvalue weighted by molar-refractivity contribution is 0.116. The van der Waals surface area contributed by atoms with Crippen molar-refractivity contribution in [2.75, 3.05) is 6.54 Å². The van der Waals surface area contributed by atoms with Crippen LogP contribution in [0.4, 0.5) is 0 Å². The van der Waals surface area contributed by atoms with E-state index >= 15 is 0 Å². The Kier molecular flexibility index (Phi) is 2.81. The summed E-state index contributed by atoms with van der Waals surface area (Å²) in [5.74, 6) is 0. The lowest BCUT2D eigenvalue weighted by Crippen LogP contribution is -2.46. The van der Waals surface area contributed by atoms with E-state index in [4.69, 9.17) is 0 Å². The Bertz CT molecular complexity index is 319. The van der Waals surface area contributed by atoms with Gasteiger partial charge >= 0.3 is 0 Å². The van der Waals surface area contributed by atoms with Gasteiger partial charge in [0.25, 0.3) is 0 Å². The first-order valence-corrected chi connectivity index (χ1v) is 5.65. The average molecular weight is 204 g/mol. The molecule has 82 valence electrons. The second kappa shape index (κ2) is 3.95. The third-order valence-corrected chi connectivity index (χ3v) is 3.28. The lowest BCUT2D eigenvalue weighted by Gasteiger charge is -2.33. The topological polar surface area (TPSA) is 15.3 Å². The van der Waals surface area contributed by atoms with Gasteiger partial charge < -0.3 is 0 Å². The molecule has 1 unspecified atom stereocenters. The van der Waals surface area contributed by atoms with E-state index in [1.54, 1.807) is 0 Å². The molecule has 2 rings (SSSR count). The first kappa shape index (κ1) is 10.7. The van der Waals surface area contributed by atoms with Gasteiger partial charge in [-0.25, -0.2) is 0 Å². The first-order chi connectivity index (χ1) is 7.09. The molecule has 15 heavy (non-hydrogen) atoms. The van der Waals surface area contributed by atoms with Crippen molar-refractivity contribution in [2.45, 2.75) is 39.0 Å². The number of hydrogen-bond acceptors (Lipinski definition) is 2. The van der Waals surface area contributed by atoms with E-state index in [-0.39, 0.29) is 5.66 Å². The molecule has 0 bridgehead atoms. The van der Waals surface area contributed by atoms with Crippen LogP contribution in [0.3, 0.4) is 0 Å². The zero-order valence-electron chi connectivity index (χ0n) is 9.83. The molecule has 1 aliphatic heterocycles. The Morgan fingerprint density at radius 3 is 2.53 bits per heavy atom. The van der Waals surface area contributed by atoms with Crippen molar-refractivity contribution >= 4 is 0 Å². The minimum absolute atomic E-state index is 0.120. The van der Waals surface area contributed by atoms with Crippen LogP contribution >= 0.6 is 0 Å². The maximum absolute atomic E-state index is 3.54. The highest BCUT2D eigenvalue weighted by Gasteiger charge is 2.36. The van der Waals surface area contributed by atoms with E-state index < -0.39 is 0 Å². The molecule has 1 fully saturated rings. The van der Waals surface area contributed by atoms with E-state index in [2.05, 4.69) is 61.3 Å². The number of hydrogen-bond donors (Lipinski definition) is 1. The van der Waals surface area contributed by atoms with Crippen molar-refractivity contribution in [1.29, 1.82) is 0 Å². The van der Waals surface area contributed by atoms with E-state index in [9.17, 15) is 0 Å². The third-order valence-electron chi connectivity index (χ3n) is 3.28. The summed E-state index contributed by atoms with van der Waals surface area (Å²) in [6.07, 6.45) is 0. The Hall–Kier alpha value is -0.860. The molecule has 0 saturated carbocycles. The van der Waals surface area contributed by atoms with Crippen LogP contribution in [0.25, 0.3) is 0 Å². The first-order valence-electron chi connectivity index (χ1n) is 5.65. The molecular weight excluding hydrogens is 184 g/mol. The van der Waals surface area contributed by atoms with Gasteiger partial charge in [0, 0.05) is 19.1 Å². The molecule has 0 aromatic heterocycles. The summed E-state index contributed by atoms with van der Waals surface area (Å²) in [5.41, 5.74) is 1.51. The zero-order valence-corrected chi connectivity index (χ0v) is 9.83. The molecular formula is C13H20N2. The van der Waals surface area contributed by atoms with Gasteiger partial charge in [-0.05, 0) is 26.3 Å². The smallest absolute Gasteiger partial charge is 0.0660 e. The van der Waals surface area contributed by atoms with Crippen LogP contribution in [0.5, 0.6) is 0 Å².